The number of sulfonamides is 1. The van der Waals surface area contributed by atoms with Gasteiger partial charge in [-0.1, -0.05) is 59.5 Å². The summed E-state index contributed by atoms with van der Waals surface area (Å²) in [5, 5.41) is 3.10. The number of nitrogens with zero attached hydrogens (tertiary/aromatic N) is 2. The Kier molecular flexibility index (Phi) is 9.35. The van der Waals surface area contributed by atoms with Crippen LogP contribution in [0.15, 0.2) is 53.0 Å². The van der Waals surface area contributed by atoms with E-state index in [1.165, 1.54) is 11.3 Å². The van der Waals surface area contributed by atoms with Crippen molar-refractivity contribution in [2.24, 2.45) is 0 Å². The number of benzene rings is 2. The zero-order valence-corrected chi connectivity index (χ0v) is 22.9. The molecule has 9 heteroatoms. The van der Waals surface area contributed by atoms with E-state index >= 15 is 0 Å². The van der Waals surface area contributed by atoms with Crippen molar-refractivity contribution in [2.75, 3.05) is 17.1 Å². The van der Waals surface area contributed by atoms with Crippen molar-refractivity contribution < 1.29 is 18.0 Å². The molecule has 7 nitrogen and oxygen atoms in total. The third-order valence-corrected chi connectivity index (χ3v) is 7.96. The summed E-state index contributed by atoms with van der Waals surface area (Å²) in [6, 6.07) is 13.9. The summed E-state index contributed by atoms with van der Waals surface area (Å²) in [4.78, 5) is 28.2. The molecule has 0 aliphatic heterocycles. The minimum atomic E-state index is -3.73. The lowest BCUT2D eigenvalue weighted by Gasteiger charge is -2.33. The van der Waals surface area contributed by atoms with Crippen LogP contribution in [0.5, 0.6) is 0 Å². The van der Waals surface area contributed by atoms with Crippen LogP contribution in [0.25, 0.3) is 0 Å². The SMILES string of the molecule is Cc1cccc(N(CC(=O)N(Cc2cccc(Br)c2)[C@H](C)C(=O)NC2CCCCC2)S(C)(=O)=O)c1. The van der Waals surface area contributed by atoms with Gasteiger partial charge in [0.1, 0.15) is 12.6 Å². The predicted molar refractivity (Wildman–Crippen MR) is 143 cm³/mol. The first-order valence-corrected chi connectivity index (χ1v) is 14.6. The van der Waals surface area contributed by atoms with E-state index in [4.69, 9.17) is 0 Å². The minimum absolute atomic E-state index is 0.112. The van der Waals surface area contributed by atoms with Crippen LogP contribution in [-0.4, -0.2) is 50.0 Å². The van der Waals surface area contributed by atoms with E-state index in [1.54, 1.807) is 25.1 Å². The molecule has 2 aromatic rings. The van der Waals surface area contributed by atoms with E-state index in [2.05, 4.69) is 21.2 Å². The number of nitrogens with one attached hydrogen (secondary N) is 1. The average molecular weight is 565 g/mol. The number of amides is 2. The molecule has 1 atom stereocenters. The summed E-state index contributed by atoms with van der Waals surface area (Å²) in [6.45, 7) is 3.36. The van der Waals surface area contributed by atoms with Gasteiger partial charge in [-0.25, -0.2) is 8.42 Å². The second kappa shape index (κ2) is 12.0. The molecule has 0 radical (unpaired) electrons. The Morgan fingerprint density at radius 1 is 1.09 bits per heavy atom. The lowest BCUT2D eigenvalue weighted by atomic mass is 9.95. The van der Waals surface area contributed by atoms with Gasteiger partial charge in [0.15, 0.2) is 0 Å². The number of hydrogen-bond acceptors (Lipinski definition) is 4. The van der Waals surface area contributed by atoms with Crippen molar-refractivity contribution in [3.05, 3.63) is 64.1 Å². The largest absolute Gasteiger partial charge is 0.352 e. The van der Waals surface area contributed by atoms with E-state index in [0.29, 0.717) is 5.69 Å². The van der Waals surface area contributed by atoms with Gasteiger partial charge in [0.25, 0.3) is 0 Å². The summed E-state index contributed by atoms with van der Waals surface area (Å²) in [5.41, 5.74) is 2.14. The van der Waals surface area contributed by atoms with Gasteiger partial charge in [-0.3, -0.25) is 13.9 Å². The van der Waals surface area contributed by atoms with Crippen molar-refractivity contribution >= 4 is 43.5 Å². The fourth-order valence-corrected chi connectivity index (χ4v) is 5.67. The molecule has 1 fully saturated rings. The molecule has 190 valence electrons. The highest BCUT2D eigenvalue weighted by Crippen LogP contribution is 2.22. The quantitative estimate of drug-likeness (QED) is 0.490. The Balaban J connectivity index is 1.87. The molecule has 2 amide bonds. The Labute approximate surface area is 217 Å². The van der Waals surface area contributed by atoms with Crippen LogP contribution in [-0.2, 0) is 26.2 Å². The molecule has 0 saturated heterocycles. The van der Waals surface area contributed by atoms with E-state index in [1.807, 2.05) is 37.3 Å². The van der Waals surface area contributed by atoms with Crippen LogP contribution in [0, 0.1) is 6.92 Å². The number of hydrogen-bond donors (Lipinski definition) is 1. The van der Waals surface area contributed by atoms with Gasteiger partial charge in [-0.2, -0.15) is 0 Å². The second-order valence-electron chi connectivity index (χ2n) is 9.28. The van der Waals surface area contributed by atoms with E-state index < -0.39 is 28.5 Å². The molecule has 1 aliphatic carbocycles. The first-order chi connectivity index (χ1) is 16.5. The average Bonchev–Trinajstić information content (AvgIpc) is 2.80. The number of carbonyl (C=O) groups is 2. The molecule has 1 N–H and O–H groups in total. The summed E-state index contributed by atoms with van der Waals surface area (Å²) in [6.07, 6.45) is 6.30. The second-order valence-corrected chi connectivity index (χ2v) is 12.1. The Morgan fingerprint density at radius 3 is 2.40 bits per heavy atom. The van der Waals surface area contributed by atoms with E-state index in [-0.39, 0.29) is 18.5 Å². The molecular weight excluding hydrogens is 530 g/mol. The molecule has 1 aliphatic rings. The molecule has 0 aromatic heterocycles. The smallest absolute Gasteiger partial charge is 0.244 e. The van der Waals surface area contributed by atoms with E-state index in [9.17, 15) is 18.0 Å². The van der Waals surface area contributed by atoms with Gasteiger partial charge >= 0.3 is 0 Å². The van der Waals surface area contributed by atoms with Gasteiger partial charge in [0.2, 0.25) is 21.8 Å². The summed E-state index contributed by atoms with van der Waals surface area (Å²) in [5.74, 6) is -0.662. The lowest BCUT2D eigenvalue weighted by molar-refractivity contribution is -0.139. The van der Waals surface area contributed by atoms with Crippen LogP contribution < -0.4 is 9.62 Å². The van der Waals surface area contributed by atoms with Gasteiger partial charge in [-0.05, 0) is 62.1 Å². The van der Waals surface area contributed by atoms with Crippen LogP contribution >= 0.6 is 15.9 Å². The summed E-state index contributed by atoms with van der Waals surface area (Å²) in [7, 11) is -3.73. The number of anilines is 1. The van der Waals surface area contributed by atoms with Crippen LogP contribution in [0.4, 0.5) is 5.69 Å². The number of halogens is 1. The first-order valence-electron chi connectivity index (χ1n) is 11.9. The van der Waals surface area contributed by atoms with Gasteiger partial charge in [-0.15, -0.1) is 0 Å². The van der Waals surface area contributed by atoms with Crippen molar-refractivity contribution in [3.63, 3.8) is 0 Å². The van der Waals surface area contributed by atoms with E-state index in [0.717, 1.165) is 51.8 Å². The highest BCUT2D eigenvalue weighted by Gasteiger charge is 2.31. The highest BCUT2D eigenvalue weighted by atomic mass is 79.9. The fraction of sp³-hybridized carbons (Fsp3) is 0.462. The predicted octanol–water partition coefficient (Wildman–Crippen LogP) is 4.39. The molecule has 0 heterocycles. The molecule has 1 saturated carbocycles. The zero-order valence-electron chi connectivity index (χ0n) is 20.5. The maximum absolute atomic E-state index is 13.6. The highest BCUT2D eigenvalue weighted by molar-refractivity contribution is 9.10. The van der Waals surface area contributed by atoms with Crippen LogP contribution in [0.3, 0.4) is 0 Å². The van der Waals surface area contributed by atoms with Gasteiger partial charge < -0.3 is 10.2 Å². The monoisotopic (exact) mass is 563 g/mol. The normalized spacial score (nSPS) is 15.3. The maximum Gasteiger partial charge on any atom is 0.244 e. The summed E-state index contributed by atoms with van der Waals surface area (Å²) >= 11 is 3.45. The number of aryl methyl sites for hydroxylation is 1. The standard InChI is InChI=1S/C26H34BrN3O4S/c1-19-9-7-14-24(15-19)30(35(3,33)34)18-25(31)29(17-21-10-8-11-22(27)16-21)20(2)26(32)28-23-12-5-4-6-13-23/h7-11,14-16,20,23H,4-6,12-13,17-18H2,1-3H3,(H,28,32)/t20-/m1/s1. The minimum Gasteiger partial charge on any atom is -0.352 e. The van der Waals surface area contributed by atoms with Crippen molar-refractivity contribution in [3.8, 4) is 0 Å². The first kappa shape index (κ1) is 27.2. The van der Waals surface area contributed by atoms with Crippen molar-refractivity contribution in [2.45, 2.75) is 64.6 Å². The number of rotatable bonds is 9. The van der Waals surface area contributed by atoms with Gasteiger partial charge in [0, 0.05) is 17.1 Å². The summed E-state index contributed by atoms with van der Waals surface area (Å²) < 4.78 is 27.2. The Bertz CT molecular complexity index is 1150. The zero-order chi connectivity index (χ0) is 25.6. The van der Waals surface area contributed by atoms with Gasteiger partial charge in [0.05, 0.1) is 11.9 Å². The maximum atomic E-state index is 13.6. The Morgan fingerprint density at radius 2 is 1.77 bits per heavy atom. The third kappa shape index (κ3) is 7.80. The lowest BCUT2D eigenvalue weighted by Crippen LogP contribution is -2.52. The molecule has 3 rings (SSSR count). The van der Waals surface area contributed by atoms with Crippen LogP contribution in [0.2, 0.25) is 0 Å². The molecule has 35 heavy (non-hydrogen) atoms. The topological polar surface area (TPSA) is 86.8 Å². The third-order valence-electron chi connectivity index (χ3n) is 6.33. The molecule has 0 unspecified atom stereocenters. The molecule has 0 bridgehead atoms. The van der Waals surface area contributed by atoms with Crippen LogP contribution in [0.1, 0.15) is 50.2 Å². The number of carbonyl (C=O) groups excluding carboxylic acids is 2. The molecule has 2 aromatic carbocycles. The fourth-order valence-electron chi connectivity index (χ4n) is 4.38. The van der Waals surface area contributed by atoms with Crippen molar-refractivity contribution in [1.29, 1.82) is 0 Å². The van der Waals surface area contributed by atoms with Crippen molar-refractivity contribution in [1.82, 2.24) is 10.2 Å². The molecular formula is C26H34BrN3O4S. The Hall–Kier alpha value is -2.39. The molecule has 0 spiro atoms.